The Morgan fingerprint density at radius 1 is 0.974 bits per heavy atom. The molecule has 0 radical (unpaired) electrons. The van der Waals surface area contributed by atoms with Crippen LogP contribution in [0.4, 0.5) is 4.39 Å². The van der Waals surface area contributed by atoms with E-state index in [1.165, 1.54) is 38.5 Å². The molecule has 0 heterocycles. The molecule has 4 heteroatoms. The van der Waals surface area contributed by atoms with Gasteiger partial charge in [-0.15, -0.1) is 0 Å². The molecule has 0 unspecified atom stereocenters. The Balaban J connectivity index is 1.54. The second-order valence-electron chi connectivity index (χ2n) is 10.8. The van der Waals surface area contributed by atoms with Gasteiger partial charge in [-0.05, 0) is 89.5 Å². The summed E-state index contributed by atoms with van der Waals surface area (Å²) in [5.74, 6) is 0.545. The van der Waals surface area contributed by atoms with E-state index < -0.39 is 5.97 Å². The first-order valence-corrected chi connectivity index (χ1v) is 14.4. The van der Waals surface area contributed by atoms with Crippen LogP contribution in [0.5, 0.6) is 0 Å². The number of aliphatic hydroxyl groups is 1. The van der Waals surface area contributed by atoms with E-state index in [9.17, 15) is 9.90 Å². The highest BCUT2D eigenvalue weighted by molar-refractivity contribution is 5.81. The summed E-state index contributed by atoms with van der Waals surface area (Å²) >= 11 is 0. The van der Waals surface area contributed by atoms with Crippen molar-refractivity contribution in [3.63, 3.8) is 0 Å². The molecule has 206 valence electrons. The molecule has 0 amide bonds. The summed E-state index contributed by atoms with van der Waals surface area (Å²) in [4.78, 5) is 11.8. The van der Waals surface area contributed by atoms with Gasteiger partial charge in [0.1, 0.15) is 12.4 Å². The zero-order valence-corrected chi connectivity index (χ0v) is 23.1. The maximum atomic E-state index is 15.5. The van der Waals surface area contributed by atoms with Gasteiger partial charge >= 0.3 is 5.97 Å². The number of esters is 1. The lowest BCUT2D eigenvalue weighted by Crippen LogP contribution is -2.13. The summed E-state index contributed by atoms with van der Waals surface area (Å²) in [5, 5.41) is 9.21. The van der Waals surface area contributed by atoms with Crippen LogP contribution in [-0.4, -0.2) is 17.7 Å². The molecule has 4 rings (SSSR count). The highest BCUT2D eigenvalue weighted by Gasteiger charge is 2.23. The Kier molecular flexibility index (Phi) is 10.5. The Labute approximate surface area is 232 Å². The van der Waals surface area contributed by atoms with E-state index in [0.717, 1.165) is 58.2 Å². The minimum absolute atomic E-state index is 0.0631. The van der Waals surface area contributed by atoms with E-state index in [1.807, 2.05) is 48.5 Å². The number of ether oxygens (including phenoxy) is 1. The highest BCUT2D eigenvalue weighted by Crippen LogP contribution is 2.39. The molecule has 0 bridgehead atoms. The predicted octanol–water partition coefficient (Wildman–Crippen LogP) is 8.78. The van der Waals surface area contributed by atoms with Crippen molar-refractivity contribution in [2.24, 2.45) is 5.92 Å². The third-order valence-corrected chi connectivity index (χ3v) is 8.15. The molecule has 0 atom stereocenters. The lowest BCUT2D eigenvalue weighted by atomic mass is 9.77. The van der Waals surface area contributed by atoms with Gasteiger partial charge in [-0.25, -0.2) is 9.18 Å². The molecule has 39 heavy (non-hydrogen) atoms. The molecule has 3 nitrogen and oxygen atoms in total. The summed E-state index contributed by atoms with van der Waals surface area (Å²) < 4.78 is 20.9. The molecule has 1 aliphatic carbocycles. The average Bonchev–Trinajstić information content (AvgIpc) is 2.97. The third kappa shape index (κ3) is 7.67. The van der Waals surface area contributed by atoms with Crippen LogP contribution in [0.2, 0.25) is 0 Å². The van der Waals surface area contributed by atoms with Crippen molar-refractivity contribution in [1.29, 1.82) is 0 Å². The summed E-state index contributed by atoms with van der Waals surface area (Å²) in [6, 6.07) is 19.5. The van der Waals surface area contributed by atoms with Crippen LogP contribution in [0.1, 0.15) is 80.9 Å². The van der Waals surface area contributed by atoms with Gasteiger partial charge in [0.2, 0.25) is 0 Å². The fraction of sp³-hybridized carbons (Fsp3) is 0.400. The molecule has 0 aromatic heterocycles. The zero-order valence-electron chi connectivity index (χ0n) is 23.1. The molecule has 3 aromatic rings. The fourth-order valence-corrected chi connectivity index (χ4v) is 5.84. The molecule has 3 aromatic carbocycles. The number of carbonyl (C=O) groups is 1. The maximum absolute atomic E-state index is 15.5. The van der Waals surface area contributed by atoms with E-state index in [2.05, 4.69) is 19.6 Å². The van der Waals surface area contributed by atoms with Crippen LogP contribution in [0.15, 0.2) is 73.3 Å². The van der Waals surface area contributed by atoms with Crippen LogP contribution in [0.25, 0.3) is 22.3 Å². The number of rotatable bonds is 12. The number of aliphatic hydroxyl groups excluding tert-OH is 1. The smallest absolute Gasteiger partial charge is 0.330 e. The molecule has 0 aliphatic heterocycles. The van der Waals surface area contributed by atoms with E-state index in [4.69, 9.17) is 4.74 Å². The molecule has 0 spiro atoms. The number of halogens is 1. The second-order valence-corrected chi connectivity index (χ2v) is 10.8. The lowest BCUT2D eigenvalue weighted by Gasteiger charge is -2.29. The van der Waals surface area contributed by atoms with Crippen molar-refractivity contribution in [3.05, 3.63) is 95.8 Å². The summed E-state index contributed by atoms with van der Waals surface area (Å²) in [7, 11) is 0. The summed E-state index contributed by atoms with van der Waals surface area (Å²) in [6.45, 7) is 5.89. The van der Waals surface area contributed by atoms with Gasteiger partial charge in [-0.2, -0.15) is 0 Å². The lowest BCUT2D eigenvalue weighted by molar-refractivity contribution is -0.138. The average molecular weight is 529 g/mol. The van der Waals surface area contributed by atoms with Gasteiger partial charge in [0.05, 0.1) is 0 Å². The topological polar surface area (TPSA) is 46.5 Å². The third-order valence-electron chi connectivity index (χ3n) is 8.15. The molecule has 1 aliphatic rings. The van der Waals surface area contributed by atoms with Crippen LogP contribution in [-0.2, 0) is 22.6 Å². The monoisotopic (exact) mass is 528 g/mol. The summed E-state index contributed by atoms with van der Waals surface area (Å²) in [5.41, 5.74) is 6.13. The van der Waals surface area contributed by atoms with Crippen molar-refractivity contribution in [3.8, 4) is 22.3 Å². The molecule has 1 fully saturated rings. The molecule has 1 saturated carbocycles. The molecular formula is C35H41FO3. The SMILES string of the molecule is C=CC(=O)OCc1cc(-c2ccc(C3CCC(CCCCC)CC3)cc2F)ccc1-c1ccc(CCO)cc1. The van der Waals surface area contributed by atoms with Crippen molar-refractivity contribution in [2.45, 2.75) is 77.2 Å². The fourth-order valence-electron chi connectivity index (χ4n) is 5.84. The second kappa shape index (κ2) is 14.2. The van der Waals surface area contributed by atoms with Gasteiger partial charge < -0.3 is 9.84 Å². The van der Waals surface area contributed by atoms with Gasteiger partial charge in [0.25, 0.3) is 0 Å². The van der Waals surface area contributed by atoms with Crippen LogP contribution < -0.4 is 0 Å². The van der Waals surface area contributed by atoms with Crippen LogP contribution >= 0.6 is 0 Å². The standard InChI is InChI=1S/C35H41FO3/c1-3-5-6-7-25-8-12-27(13-9-25)29-16-19-33(34(36)23-29)30-17-18-32(31(22-30)24-39-35(38)4-2)28-14-10-26(11-15-28)20-21-37/h4,10-11,14-19,22-23,25,27,37H,2-3,5-9,12-13,20-21,24H2,1H3. The van der Waals surface area contributed by atoms with E-state index in [1.54, 1.807) is 6.07 Å². The van der Waals surface area contributed by atoms with Crippen LogP contribution in [0.3, 0.4) is 0 Å². The van der Waals surface area contributed by atoms with Gasteiger partial charge in [-0.3, -0.25) is 0 Å². The number of carbonyl (C=O) groups excluding carboxylic acids is 1. The minimum Gasteiger partial charge on any atom is -0.458 e. The number of benzene rings is 3. The minimum atomic E-state index is -0.500. The highest BCUT2D eigenvalue weighted by atomic mass is 19.1. The molecule has 0 saturated heterocycles. The predicted molar refractivity (Wildman–Crippen MR) is 157 cm³/mol. The van der Waals surface area contributed by atoms with Gasteiger partial charge in [0.15, 0.2) is 0 Å². The largest absolute Gasteiger partial charge is 0.458 e. The number of unbranched alkanes of at least 4 members (excludes halogenated alkanes) is 2. The van der Waals surface area contributed by atoms with E-state index in [-0.39, 0.29) is 19.0 Å². The van der Waals surface area contributed by atoms with E-state index in [0.29, 0.717) is 17.9 Å². The Hall–Kier alpha value is -3.24. The first-order chi connectivity index (χ1) is 19.0. The Bertz CT molecular complexity index is 1240. The normalized spacial score (nSPS) is 17.1. The quantitative estimate of drug-likeness (QED) is 0.145. The first kappa shape index (κ1) is 28.8. The molecule has 1 N–H and O–H groups in total. The van der Waals surface area contributed by atoms with Crippen molar-refractivity contribution < 1.29 is 19.0 Å². The summed E-state index contributed by atoms with van der Waals surface area (Å²) in [6.07, 6.45) is 11.8. The Morgan fingerprint density at radius 2 is 1.69 bits per heavy atom. The zero-order chi connectivity index (χ0) is 27.6. The first-order valence-electron chi connectivity index (χ1n) is 14.4. The Morgan fingerprint density at radius 3 is 2.36 bits per heavy atom. The van der Waals surface area contributed by atoms with Gasteiger partial charge in [0, 0.05) is 18.2 Å². The van der Waals surface area contributed by atoms with Crippen LogP contribution in [0, 0.1) is 11.7 Å². The number of hydrogen-bond donors (Lipinski definition) is 1. The van der Waals surface area contributed by atoms with Crippen molar-refractivity contribution in [1.82, 2.24) is 0 Å². The van der Waals surface area contributed by atoms with Gasteiger partial charge in [-0.1, -0.05) is 87.7 Å². The van der Waals surface area contributed by atoms with Crippen molar-refractivity contribution in [2.75, 3.05) is 6.61 Å². The van der Waals surface area contributed by atoms with E-state index >= 15 is 4.39 Å². The molecular weight excluding hydrogens is 487 g/mol. The van der Waals surface area contributed by atoms with Crippen molar-refractivity contribution >= 4 is 5.97 Å². The number of hydrogen-bond acceptors (Lipinski definition) is 3. The maximum Gasteiger partial charge on any atom is 0.330 e.